The first-order valence-electron chi connectivity index (χ1n) is 24.6. The fourth-order valence-electron chi connectivity index (χ4n) is 6.04. The van der Waals surface area contributed by atoms with Crippen molar-refractivity contribution in [1.82, 2.24) is 0 Å². The van der Waals surface area contributed by atoms with Crippen LogP contribution in [0, 0.1) is 0 Å². The first-order valence-corrected chi connectivity index (χ1v) is 29.2. The Kier molecular flexibility index (Phi) is 58.3. The molecule has 0 saturated carbocycles. The summed E-state index contributed by atoms with van der Waals surface area (Å²) in [6.07, 6.45) is -18.5. The number of ketones is 1. The maximum absolute atomic E-state index is 12.3. The quantitative estimate of drug-likeness (QED) is 0.0666. The van der Waals surface area contributed by atoms with Crippen LogP contribution in [0.5, 0.6) is 0 Å². The maximum Gasteiger partial charge on any atom is 1.00 e. The molecule has 0 saturated heterocycles. The Morgan fingerprint density at radius 2 is 0.804 bits per heavy atom. The number of hydrogen-bond acceptors (Lipinski definition) is 8. The van der Waals surface area contributed by atoms with Crippen molar-refractivity contribution in [3.05, 3.63) is 217 Å². The summed E-state index contributed by atoms with van der Waals surface area (Å²) < 4.78 is 154. The number of rotatable bonds is 13. The summed E-state index contributed by atoms with van der Waals surface area (Å²) in [6, 6.07) is 12.8. The normalized spacial score (nSPS) is 9.80. The Hall–Kier alpha value is -4.93. The predicted octanol–water partition coefficient (Wildman–Crippen LogP) is 2.17. The number of carbonyl (C=O) groups excluding carboxylic acids is 1. The monoisotopic (exact) mass is 1300 g/mol. The molecule has 2 unspecified atom stereocenters. The number of alkyl halides is 9. The molecule has 3 aromatic rings. The third kappa shape index (κ3) is 53.4. The molecule has 0 aliphatic carbocycles. The summed E-state index contributed by atoms with van der Waals surface area (Å²) in [5.74, 6) is -0.242. The zero-order valence-electron chi connectivity index (χ0n) is 51.2. The van der Waals surface area contributed by atoms with Gasteiger partial charge in [0.1, 0.15) is 0 Å². The van der Waals surface area contributed by atoms with Crippen molar-refractivity contribution in [2.24, 2.45) is 0 Å². The van der Waals surface area contributed by atoms with E-state index in [1.165, 1.54) is 64.2 Å². The topological polar surface area (TPSA) is 135 Å². The van der Waals surface area contributed by atoms with Crippen LogP contribution in [0.15, 0.2) is 183 Å². The molecule has 3 rings (SSSR count). The third-order valence-electron chi connectivity index (χ3n) is 9.75. The summed E-state index contributed by atoms with van der Waals surface area (Å²) in [5, 5.41) is 16.6. The number of halogens is 10. The van der Waals surface area contributed by atoms with Gasteiger partial charge in [0.05, 0.1) is 41.4 Å². The minimum absolute atomic E-state index is 0. The fourth-order valence-corrected chi connectivity index (χ4v) is 6.67. The molecule has 24 radical (unpaired) electrons. The second-order valence-electron chi connectivity index (χ2n) is 17.0. The van der Waals surface area contributed by atoms with Gasteiger partial charge >= 0.3 is 48.1 Å². The Balaban J connectivity index is -0.000000156. The molecule has 0 aliphatic rings. The molecule has 0 amide bonds. The van der Waals surface area contributed by atoms with Crippen LogP contribution in [0.1, 0.15) is 86.9 Å². The van der Waals surface area contributed by atoms with Crippen LogP contribution in [0.2, 0.25) is 0 Å². The molecule has 0 bridgehead atoms. The Labute approximate surface area is 583 Å². The summed E-state index contributed by atoms with van der Waals surface area (Å²) >= 11 is 0. The van der Waals surface area contributed by atoms with Crippen LogP contribution in [-0.2, 0) is 41.9 Å². The van der Waals surface area contributed by atoms with Gasteiger partial charge in [-0.15, -0.1) is 0 Å². The summed E-state index contributed by atoms with van der Waals surface area (Å²) in [5.41, 5.74) is 40.8. The van der Waals surface area contributed by atoms with Crippen molar-refractivity contribution in [3.8, 4) is 0 Å². The molecule has 3 aromatic carbocycles. The number of aliphatic hydroxyl groups is 2. The van der Waals surface area contributed by atoms with Gasteiger partial charge in [-0.1, -0.05) is 55.3 Å². The van der Waals surface area contributed by atoms with Crippen LogP contribution in [0.3, 0.4) is 0 Å². The molecule has 41 heteroatoms. The van der Waals surface area contributed by atoms with E-state index in [1.807, 2.05) is 0 Å². The second kappa shape index (κ2) is 53.3. The van der Waals surface area contributed by atoms with Crippen LogP contribution < -0.4 is 29.6 Å². The van der Waals surface area contributed by atoms with E-state index in [-0.39, 0.29) is 64.8 Å². The van der Waals surface area contributed by atoms with Crippen molar-refractivity contribution in [2.45, 2.75) is 65.9 Å². The van der Waals surface area contributed by atoms with Crippen molar-refractivity contribution < 1.29 is 107 Å². The van der Waals surface area contributed by atoms with Gasteiger partial charge in [0.25, 0.3) is 10.1 Å². The van der Waals surface area contributed by atoms with Gasteiger partial charge in [-0.2, -0.15) is 47.9 Å². The largest absolute Gasteiger partial charge is 1.00 e. The zero-order chi connectivity index (χ0) is 69.9. The zero-order valence-corrected chi connectivity index (χ0v) is 54.6. The first kappa shape index (κ1) is 101. The third-order valence-corrected chi connectivity index (χ3v) is 10.4. The van der Waals surface area contributed by atoms with Gasteiger partial charge in [-0.05, 0) is 174 Å². The van der Waals surface area contributed by atoms with Gasteiger partial charge in [-0.25, -0.2) is 8.42 Å². The summed E-state index contributed by atoms with van der Waals surface area (Å²) in [7, 11) is 56.1. The fraction of sp³-hybridized carbons (Fsp3) is 0.255. The van der Waals surface area contributed by atoms with E-state index in [1.54, 1.807) is 6.92 Å². The van der Waals surface area contributed by atoms with E-state index in [4.69, 9.17) is 87.6 Å². The maximum atomic E-state index is 12.3. The molecule has 8 nitrogen and oxygen atoms in total. The van der Waals surface area contributed by atoms with Crippen molar-refractivity contribution in [2.75, 3.05) is 19.1 Å². The minimum atomic E-state index is -4.40. The van der Waals surface area contributed by atoms with E-state index in [0.717, 1.165) is 48.9 Å². The van der Waals surface area contributed by atoms with Gasteiger partial charge in [0.15, 0.2) is 5.78 Å². The van der Waals surface area contributed by atoms with Crippen LogP contribution in [-0.4, -0.2) is 196 Å². The number of aliphatic hydroxyl groups excluding tert-OH is 2. The predicted molar refractivity (Wildman–Crippen MR) is 367 cm³/mol. The average Bonchev–Trinajstić information content (AvgIpc) is 0.875. The second-order valence-corrected chi connectivity index (χ2v) is 21.7. The Morgan fingerprint density at radius 1 is 0.576 bits per heavy atom. The molecule has 0 heterocycles. The summed E-state index contributed by atoms with van der Waals surface area (Å²) in [4.78, 5) is 10.7. The number of carbonyl (C=O) groups is 1. The molecule has 0 aliphatic heterocycles. The molecule has 2 N–H and O–H groups in total. The number of hydrogen-bond donors (Lipinski definition) is 2. The number of benzene rings is 3. The van der Waals surface area contributed by atoms with Crippen LogP contribution in [0.25, 0.3) is 0 Å². The molecule has 440 valence electrons. The molecule has 0 spiro atoms. The molecule has 0 fully saturated rings. The van der Waals surface area contributed by atoms with Gasteiger partial charge < -0.3 is 11.6 Å². The molecule has 2 atom stereocenters. The average molecular weight is 1300 g/mol. The number of Topliss-reactive ketones (excluding diaryl/α,β-unsaturated/α-hetero) is 1. The molecular formula is C51H45B20ClF9NaO8S2. The Morgan fingerprint density at radius 3 is 0.989 bits per heavy atom. The minimum Gasteiger partial charge on any atom is -1.00 e. The van der Waals surface area contributed by atoms with Gasteiger partial charge in [-0.3, -0.25) is 8.98 Å². The van der Waals surface area contributed by atoms with Crippen LogP contribution >= 0.6 is 10.7 Å². The molecular weight excluding hydrogens is 1250 g/mol. The van der Waals surface area contributed by atoms with Crippen molar-refractivity contribution in [1.29, 1.82) is 0 Å². The van der Waals surface area contributed by atoms with Crippen LogP contribution in [0.4, 0.5) is 39.5 Å². The van der Waals surface area contributed by atoms with E-state index in [2.05, 4.69) is 125 Å². The van der Waals surface area contributed by atoms with Crippen molar-refractivity contribution >= 4 is 180 Å². The summed E-state index contributed by atoms with van der Waals surface area (Å²) in [6.45, 7) is 12.8. The smallest absolute Gasteiger partial charge is 1.00 e. The van der Waals surface area contributed by atoms with E-state index >= 15 is 0 Å². The van der Waals surface area contributed by atoms with E-state index in [9.17, 15) is 61.1 Å². The first-order chi connectivity index (χ1) is 40.9. The molecule has 92 heavy (non-hydrogen) atoms. The van der Waals surface area contributed by atoms with E-state index in [0.29, 0.717) is 11.1 Å². The SMILES string of the molecule is C.C=C=C=C=C=C=C=C=C=C=C=C=C=C=C=C=C=C=C.CC(=O)c1ccc(C(F)(F)F)cc1.CC(O)c1ccc(C(F)(F)F)cc1.CC(OS(C)(=O)=O)c1ccc(C(F)(F)F)cc1.CCO.CS(=O)(=O)Cl.[B].[B][B]B([B])B(B(B([B])[B])B([B])[B])B(B([B])[B])B([B])[B].[H-].[Na+]. The van der Waals surface area contributed by atoms with Gasteiger partial charge in [0.2, 0.25) is 9.05 Å². The Bertz CT molecular complexity index is 3480. The standard InChI is InChI=1S/C19H4.C10H11F3O3S.C9H9F3O.C9H7F3O.C2H6O.CH3ClO2S.CH4.B19.B.Na.H/c1-3-5-7-9-11-13-15-17-19-18-16-14-12-10-8-6-4-2;1-7(16-17(2,14)15)8-3-5-9(6-4-8)10(11,12)13;2*1-6(13)7-2-4-8(5-3-7)9(10,11)12;1-2-3;1-5(2,3)4;;1-11-16(10)19(17(12(2)3)13(4)5)18(14(6)7)15(8)9;;;/h1-2H2;3-7H,1-2H3;2-6,13H,1H3;2-5H,1H3;3H,2H2,1H3;1H3;1H4;;;;/q;;;;;;;;;+1;-1. The van der Waals surface area contributed by atoms with Gasteiger partial charge in [0, 0.05) is 167 Å². The van der Waals surface area contributed by atoms with Crippen molar-refractivity contribution in [3.63, 3.8) is 0 Å². The molecule has 0 aromatic heterocycles. The van der Waals surface area contributed by atoms with E-state index < -0.39 is 118 Å².